The molecule has 256 valence electrons. The lowest BCUT2D eigenvalue weighted by Gasteiger charge is -2.41. The molecular weight excluding hydrogens is 617 g/mol. The number of amides is 4. The van der Waals surface area contributed by atoms with E-state index in [1.54, 1.807) is 58.0 Å². The predicted molar refractivity (Wildman–Crippen MR) is 169 cm³/mol. The van der Waals surface area contributed by atoms with Gasteiger partial charge in [-0.2, -0.15) is 13.2 Å². The second-order valence-electron chi connectivity index (χ2n) is 13.3. The fraction of sp³-hybridized carbons (Fsp3) is 0.529. The first kappa shape index (κ1) is 35.6. The number of carbonyl (C=O) groups is 4. The van der Waals surface area contributed by atoms with Crippen LogP contribution in [0.25, 0.3) is 0 Å². The molecule has 13 heteroatoms. The van der Waals surface area contributed by atoms with Crippen LogP contribution in [0.5, 0.6) is 5.75 Å². The zero-order valence-corrected chi connectivity index (χ0v) is 27.7. The fourth-order valence-electron chi connectivity index (χ4n) is 5.68. The molecule has 4 rings (SSSR count). The van der Waals surface area contributed by atoms with Crippen molar-refractivity contribution in [3.8, 4) is 5.75 Å². The van der Waals surface area contributed by atoms with Crippen molar-refractivity contribution in [3.63, 3.8) is 0 Å². The maximum Gasteiger partial charge on any atom is 0.417 e. The monoisotopic (exact) mass is 660 g/mol. The van der Waals surface area contributed by atoms with Gasteiger partial charge in [-0.25, -0.2) is 4.79 Å². The highest BCUT2D eigenvalue weighted by molar-refractivity contribution is 6.05. The number of anilines is 1. The average Bonchev–Trinajstić information content (AvgIpc) is 3.00. The lowest BCUT2D eigenvalue weighted by atomic mass is 9.97. The summed E-state index contributed by atoms with van der Waals surface area (Å²) < 4.78 is 55.4. The van der Waals surface area contributed by atoms with Crippen LogP contribution in [0.1, 0.15) is 82.3 Å². The number of rotatable bonds is 8. The number of hydrogen-bond acceptors (Lipinski definition) is 6. The van der Waals surface area contributed by atoms with E-state index in [1.807, 2.05) is 0 Å². The molecular formula is C34H43F3N4O6. The Morgan fingerprint density at radius 3 is 2.40 bits per heavy atom. The molecule has 1 atom stereocenters. The molecule has 1 saturated heterocycles. The van der Waals surface area contributed by atoms with E-state index >= 15 is 0 Å². The van der Waals surface area contributed by atoms with E-state index in [4.69, 9.17) is 9.47 Å². The largest absolute Gasteiger partial charge is 0.476 e. The third kappa shape index (κ3) is 8.55. The Morgan fingerprint density at radius 2 is 1.79 bits per heavy atom. The van der Waals surface area contributed by atoms with Crippen molar-refractivity contribution in [3.05, 3.63) is 59.2 Å². The van der Waals surface area contributed by atoms with Crippen LogP contribution in [0.3, 0.4) is 0 Å². The summed E-state index contributed by atoms with van der Waals surface area (Å²) in [5.74, 6) is -1.89. The number of halogens is 3. The van der Waals surface area contributed by atoms with Gasteiger partial charge in [0.15, 0.2) is 5.60 Å². The van der Waals surface area contributed by atoms with E-state index in [-0.39, 0.29) is 49.9 Å². The third-order valence-corrected chi connectivity index (χ3v) is 7.98. The number of alkyl halides is 3. The van der Waals surface area contributed by atoms with Gasteiger partial charge in [0.25, 0.3) is 11.8 Å². The fourth-order valence-corrected chi connectivity index (χ4v) is 5.68. The maximum absolute atomic E-state index is 14.7. The van der Waals surface area contributed by atoms with Crippen LogP contribution in [0.2, 0.25) is 0 Å². The first-order chi connectivity index (χ1) is 21.9. The Kier molecular flexibility index (Phi) is 10.5. The van der Waals surface area contributed by atoms with Gasteiger partial charge in [-0.3, -0.25) is 14.4 Å². The smallest absolute Gasteiger partial charge is 0.417 e. The molecule has 2 aromatic carbocycles. The van der Waals surface area contributed by atoms with Crippen LogP contribution >= 0.6 is 0 Å². The zero-order valence-electron chi connectivity index (χ0n) is 27.7. The van der Waals surface area contributed by atoms with Gasteiger partial charge in [-0.15, -0.1) is 0 Å². The average molecular weight is 661 g/mol. The van der Waals surface area contributed by atoms with Gasteiger partial charge >= 0.3 is 12.3 Å². The first-order valence-corrected chi connectivity index (χ1v) is 15.8. The lowest BCUT2D eigenvalue weighted by Crippen LogP contribution is -2.54. The molecule has 0 radical (unpaired) electrons. The molecule has 47 heavy (non-hydrogen) atoms. The molecule has 2 aromatic rings. The summed E-state index contributed by atoms with van der Waals surface area (Å²) in [5, 5.41) is 2.68. The van der Waals surface area contributed by atoms with Crippen LogP contribution in [0.15, 0.2) is 42.5 Å². The van der Waals surface area contributed by atoms with E-state index in [1.165, 1.54) is 28.5 Å². The van der Waals surface area contributed by atoms with Crippen LogP contribution in [0, 0.1) is 0 Å². The Labute approximate surface area is 273 Å². The molecule has 0 spiro atoms. The first-order valence-electron chi connectivity index (χ1n) is 15.8. The third-order valence-electron chi connectivity index (χ3n) is 7.98. The van der Waals surface area contributed by atoms with Crippen molar-refractivity contribution in [2.24, 2.45) is 0 Å². The maximum atomic E-state index is 14.7. The minimum Gasteiger partial charge on any atom is -0.476 e. The highest BCUT2D eigenvalue weighted by Gasteiger charge is 2.45. The SMILES string of the molecule is CCC(=O)NCCN1C(=O)C(C)(C)Oc2cc(C(F)(F)F)c(C(=O)N(Cc3ccccc3)[C@@H]3CCCN(C(=O)OC(C)(C)C)C3)cc21. The van der Waals surface area contributed by atoms with Gasteiger partial charge in [0.05, 0.1) is 22.9 Å². The molecule has 2 heterocycles. The van der Waals surface area contributed by atoms with Crippen LogP contribution < -0.4 is 15.0 Å². The van der Waals surface area contributed by atoms with Gasteiger partial charge in [0.2, 0.25) is 5.91 Å². The van der Waals surface area contributed by atoms with Gasteiger partial charge in [0.1, 0.15) is 11.4 Å². The standard InChI is InChI=1S/C34H43F3N4O6/c1-7-28(42)38-15-17-40-26-18-24(25(34(35,36)37)19-27(26)46-33(5,6)30(40)44)29(43)41(20-22-12-9-8-10-13-22)23-14-11-16-39(21-23)31(45)47-32(2,3)4/h8-10,12-13,18-19,23H,7,11,14-17,20-21H2,1-6H3,(H,38,42)/t23-/m1/s1. The topological polar surface area (TPSA) is 108 Å². The number of likely N-dealkylation sites (tertiary alicyclic amines) is 1. The summed E-state index contributed by atoms with van der Waals surface area (Å²) in [6, 6.07) is 10.1. The Morgan fingerprint density at radius 1 is 1.11 bits per heavy atom. The predicted octanol–water partition coefficient (Wildman–Crippen LogP) is 5.78. The molecule has 1 N–H and O–H groups in total. The number of carbonyl (C=O) groups excluding carboxylic acids is 4. The molecule has 0 bridgehead atoms. The van der Waals surface area contributed by atoms with Crippen molar-refractivity contribution >= 4 is 29.5 Å². The van der Waals surface area contributed by atoms with Crippen LogP contribution in [0.4, 0.5) is 23.7 Å². The van der Waals surface area contributed by atoms with Crippen molar-refractivity contribution < 1.29 is 41.8 Å². The van der Waals surface area contributed by atoms with Gasteiger partial charge in [-0.1, -0.05) is 37.3 Å². The van der Waals surface area contributed by atoms with Crippen molar-refractivity contribution in [2.45, 2.75) is 90.8 Å². The zero-order chi connectivity index (χ0) is 34.7. The normalized spacial score (nSPS) is 17.8. The second kappa shape index (κ2) is 13.8. The molecule has 10 nitrogen and oxygen atoms in total. The van der Waals surface area contributed by atoms with Gasteiger partial charge in [0, 0.05) is 39.1 Å². The second-order valence-corrected chi connectivity index (χ2v) is 13.3. The minimum atomic E-state index is -4.94. The Balaban J connectivity index is 1.79. The summed E-state index contributed by atoms with van der Waals surface area (Å²) >= 11 is 0. The lowest BCUT2D eigenvalue weighted by molar-refractivity contribution is -0.138. The highest BCUT2D eigenvalue weighted by atomic mass is 19.4. The number of nitrogens with zero attached hydrogens (tertiary/aromatic N) is 3. The Bertz CT molecular complexity index is 1490. The van der Waals surface area contributed by atoms with Gasteiger partial charge in [-0.05, 0) is 65.2 Å². The van der Waals surface area contributed by atoms with Crippen LogP contribution in [-0.4, -0.2) is 77.0 Å². The molecule has 1 fully saturated rings. The number of piperidine rings is 1. The number of hydrogen-bond donors (Lipinski definition) is 1. The number of nitrogens with one attached hydrogen (secondary N) is 1. The molecule has 0 unspecified atom stereocenters. The molecule has 2 aliphatic rings. The molecule has 2 aliphatic heterocycles. The van der Waals surface area contributed by atoms with Crippen molar-refractivity contribution in [2.75, 3.05) is 31.1 Å². The summed E-state index contributed by atoms with van der Waals surface area (Å²) in [5.41, 5.74) is -3.43. The van der Waals surface area contributed by atoms with E-state index in [0.29, 0.717) is 24.9 Å². The van der Waals surface area contributed by atoms with Crippen molar-refractivity contribution in [1.29, 1.82) is 0 Å². The van der Waals surface area contributed by atoms with E-state index in [0.717, 1.165) is 12.1 Å². The van der Waals surface area contributed by atoms with E-state index in [2.05, 4.69) is 5.32 Å². The summed E-state index contributed by atoms with van der Waals surface area (Å²) in [4.78, 5) is 56.8. The Hall–Kier alpha value is -4.29. The minimum absolute atomic E-state index is 0.00453. The highest BCUT2D eigenvalue weighted by Crippen LogP contribution is 2.44. The van der Waals surface area contributed by atoms with E-state index in [9.17, 15) is 32.3 Å². The summed E-state index contributed by atoms with van der Waals surface area (Å²) in [6.07, 6.45) is -4.33. The van der Waals surface area contributed by atoms with E-state index < -0.39 is 52.5 Å². The molecule has 0 saturated carbocycles. The molecule has 4 amide bonds. The number of benzene rings is 2. The quantitative estimate of drug-likeness (QED) is 0.385. The summed E-state index contributed by atoms with van der Waals surface area (Å²) in [7, 11) is 0. The van der Waals surface area contributed by atoms with Crippen molar-refractivity contribution in [1.82, 2.24) is 15.1 Å². The van der Waals surface area contributed by atoms with Crippen LogP contribution in [-0.2, 0) is 27.0 Å². The number of fused-ring (bicyclic) bond motifs is 1. The number of ether oxygens (including phenoxy) is 2. The summed E-state index contributed by atoms with van der Waals surface area (Å²) in [6.45, 7) is 10.2. The molecule has 0 aliphatic carbocycles. The van der Waals surface area contributed by atoms with Gasteiger partial charge < -0.3 is 29.5 Å². The molecule has 0 aromatic heterocycles.